The molecule has 9 rings (SSSR count). The number of amides is 2. The van der Waals surface area contributed by atoms with Gasteiger partial charge in [-0.2, -0.15) is 4.31 Å². The Morgan fingerprint density at radius 3 is 2.33 bits per heavy atom. The van der Waals surface area contributed by atoms with E-state index in [9.17, 15) is 18.0 Å². The van der Waals surface area contributed by atoms with Crippen LogP contribution in [0.1, 0.15) is 53.0 Å². The van der Waals surface area contributed by atoms with E-state index < -0.39 is 27.9 Å². The third kappa shape index (κ3) is 7.08. The van der Waals surface area contributed by atoms with Crippen LogP contribution in [0.4, 0.5) is 5.69 Å². The van der Waals surface area contributed by atoms with Crippen LogP contribution in [0.3, 0.4) is 0 Å². The van der Waals surface area contributed by atoms with Gasteiger partial charge in [0.1, 0.15) is 6.04 Å². The molecule has 57 heavy (non-hydrogen) atoms. The molecule has 2 heterocycles. The lowest BCUT2D eigenvalue weighted by Gasteiger charge is -2.34. The van der Waals surface area contributed by atoms with Crippen LogP contribution in [-0.2, 0) is 43.9 Å². The summed E-state index contributed by atoms with van der Waals surface area (Å²) >= 11 is 0. The van der Waals surface area contributed by atoms with E-state index in [1.165, 1.54) is 50.4 Å². The number of piperazine rings is 1. The number of nitrogens with two attached hydrogens (primary N) is 1. The smallest absolute Gasteiger partial charge is 0.243 e. The van der Waals surface area contributed by atoms with Crippen molar-refractivity contribution in [3.05, 3.63) is 131 Å². The summed E-state index contributed by atoms with van der Waals surface area (Å²) in [6, 6.07) is 33.0. The molecular weight excluding hydrogens is 735 g/mol. The van der Waals surface area contributed by atoms with Crippen molar-refractivity contribution in [3.63, 3.8) is 0 Å². The number of fused-ring (bicyclic) bond motifs is 6. The molecule has 2 saturated heterocycles. The molecular formula is C46H47N5O5S. The number of carbonyl (C=O) groups excluding carboxylic acids is 2. The van der Waals surface area contributed by atoms with E-state index in [0.29, 0.717) is 5.69 Å². The Morgan fingerprint density at radius 1 is 0.825 bits per heavy atom. The van der Waals surface area contributed by atoms with Gasteiger partial charge in [-0.25, -0.2) is 8.42 Å². The number of nitrogens with one attached hydrogen (secondary N) is 2. The van der Waals surface area contributed by atoms with Crippen molar-refractivity contribution in [2.75, 3.05) is 44.7 Å². The van der Waals surface area contributed by atoms with Crippen LogP contribution in [-0.4, -0.2) is 74.9 Å². The summed E-state index contributed by atoms with van der Waals surface area (Å²) in [6.07, 6.45) is 2.53. The first kappa shape index (κ1) is 37.4. The van der Waals surface area contributed by atoms with E-state index in [4.69, 9.17) is 10.5 Å². The number of sulfonamides is 1. The molecule has 0 bridgehead atoms. The number of ether oxygens (including phenoxy) is 1. The Labute approximate surface area is 333 Å². The Balaban J connectivity index is 1.08. The van der Waals surface area contributed by atoms with Crippen molar-refractivity contribution < 1.29 is 22.7 Å². The highest BCUT2D eigenvalue weighted by molar-refractivity contribution is 7.89. The quantitative estimate of drug-likeness (QED) is 0.144. The van der Waals surface area contributed by atoms with Crippen LogP contribution < -0.4 is 16.4 Å². The maximum absolute atomic E-state index is 14.2. The third-order valence-corrected chi connectivity index (χ3v) is 14.0. The fourth-order valence-corrected chi connectivity index (χ4v) is 10.8. The number of benzene rings is 6. The molecule has 6 aromatic carbocycles. The number of aryl methyl sites for hydroxylation is 1. The van der Waals surface area contributed by atoms with Gasteiger partial charge in [0.15, 0.2) is 0 Å². The molecule has 6 aromatic rings. The minimum absolute atomic E-state index is 0.0126. The standard InChI is InChI=1S/C46H47N5O5S/c47-28-30-12-15-33(16-13-30)57(54,55)51-21-20-48-46(53)43(51)27-44(52)49-45-35-8-2-1-6-31(35)14-17-41(45)37-10-5-11-38-39(37)18-19-40-36-9-4-3-7-34(36)32(26-42(38)40)29-50-22-24-56-25-23-50/h1-4,6-9,12-19,26,37,43H,5,10-11,20-25,27-29,47H2,(H,48,53)(H,49,52)/t37-,43-/m1/s1. The third-order valence-electron chi connectivity index (χ3n) is 12.1. The number of nitrogens with zero attached hydrogens (tertiary/aromatic N) is 2. The number of carbonyl (C=O) groups is 2. The van der Waals surface area contributed by atoms with Crippen LogP contribution in [0.2, 0.25) is 0 Å². The largest absolute Gasteiger partial charge is 0.379 e. The van der Waals surface area contributed by atoms with Crippen molar-refractivity contribution in [3.8, 4) is 0 Å². The van der Waals surface area contributed by atoms with E-state index in [0.717, 1.165) is 78.3 Å². The molecule has 2 amide bonds. The summed E-state index contributed by atoms with van der Waals surface area (Å²) in [5.74, 6) is -0.911. The van der Waals surface area contributed by atoms with Gasteiger partial charge in [0.25, 0.3) is 0 Å². The number of hydrogen-bond donors (Lipinski definition) is 3. The Hall–Kier alpha value is -5.17. The Kier molecular flexibility index (Phi) is 10.3. The van der Waals surface area contributed by atoms with Crippen molar-refractivity contribution in [2.24, 2.45) is 5.73 Å². The summed E-state index contributed by atoms with van der Waals surface area (Å²) in [5, 5.41) is 13.0. The van der Waals surface area contributed by atoms with Gasteiger partial charge in [0.05, 0.1) is 30.2 Å². The van der Waals surface area contributed by atoms with Gasteiger partial charge >= 0.3 is 0 Å². The molecule has 0 radical (unpaired) electrons. The second kappa shape index (κ2) is 15.6. The molecule has 0 saturated carbocycles. The predicted molar refractivity (Wildman–Crippen MR) is 225 cm³/mol. The summed E-state index contributed by atoms with van der Waals surface area (Å²) in [6.45, 7) is 4.70. The molecule has 2 aliphatic heterocycles. The first-order valence-corrected chi connectivity index (χ1v) is 21.4. The topological polar surface area (TPSA) is 134 Å². The fraction of sp³-hybridized carbons (Fsp3) is 0.304. The highest BCUT2D eigenvalue weighted by atomic mass is 32.2. The summed E-state index contributed by atoms with van der Waals surface area (Å²) in [5.41, 5.74) is 12.2. The van der Waals surface area contributed by atoms with Crippen LogP contribution in [0, 0.1) is 0 Å². The molecule has 4 N–H and O–H groups in total. The van der Waals surface area contributed by atoms with E-state index >= 15 is 0 Å². The molecule has 1 aliphatic carbocycles. The molecule has 0 aromatic heterocycles. The van der Waals surface area contributed by atoms with E-state index in [1.54, 1.807) is 12.1 Å². The summed E-state index contributed by atoms with van der Waals surface area (Å²) < 4.78 is 34.6. The zero-order chi connectivity index (χ0) is 39.1. The van der Waals surface area contributed by atoms with Gasteiger partial charge in [0, 0.05) is 50.6 Å². The van der Waals surface area contributed by atoms with E-state index in [1.807, 2.05) is 24.3 Å². The van der Waals surface area contributed by atoms with Gasteiger partial charge in [-0.15, -0.1) is 0 Å². The zero-order valence-electron chi connectivity index (χ0n) is 31.9. The second-order valence-corrected chi connectivity index (χ2v) is 17.3. The van der Waals surface area contributed by atoms with Crippen molar-refractivity contribution in [2.45, 2.75) is 55.6 Å². The van der Waals surface area contributed by atoms with Crippen molar-refractivity contribution in [1.82, 2.24) is 14.5 Å². The monoisotopic (exact) mass is 781 g/mol. The van der Waals surface area contributed by atoms with Crippen molar-refractivity contribution in [1.29, 1.82) is 0 Å². The number of rotatable bonds is 9. The molecule has 3 aliphatic rings. The van der Waals surface area contributed by atoms with Crippen LogP contribution in [0.25, 0.3) is 32.3 Å². The lowest BCUT2D eigenvalue weighted by Crippen LogP contribution is -2.57. The van der Waals surface area contributed by atoms with Crippen LogP contribution in [0.15, 0.2) is 108 Å². The molecule has 2 fully saturated rings. The van der Waals surface area contributed by atoms with E-state index in [-0.39, 0.29) is 36.9 Å². The average molecular weight is 782 g/mol. The normalized spacial score (nSPS) is 19.4. The SMILES string of the molecule is NCc1ccc(S(=O)(=O)N2CCNC(=O)[C@H]2CC(=O)Nc2c([C@@H]3CCCc4c3ccc3c4cc(CN4CCOCC4)c4ccccc43)ccc3ccccc23)cc1. The number of anilines is 1. The predicted octanol–water partition coefficient (Wildman–Crippen LogP) is 6.42. The van der Waals surface area contributed by atoms with Crippen LogP contribution >= 0.6 is 0 Å². The molecule has 11 heteroatoms. The van der Waals surface area contributed by atoms with Gasteiger partial charge in [-0.1, -0.05) is 84.9 Å². The van der Waals surface area contributed by atoms with Crippen LogP contribution in [0.5, 0.6) is 0 Å². The molecule has 10 nitrogen and oxygen atoms in total. The lowest BCUT2D eigenvalue weighted by molar-refractivity contribution is -0.130. The summed E-state index contributed by atoms with van der Waals surface area (Å²) in [4.78, 5) is 30.1. The minimum atomic E-state index is -4.08. The van der Waals surface area contributed by atoms with Crippen molar-refractivity contribution >= 4 is 59.8 Å². The molecule has 292 valence electrons. The highest BCUT2D eigenvalue weighted by Crippen LogP contribution is 2.45. The number of morpholine rings is 1. The molecule has 2 atom stereocenters. The lowest BCUT2D eigenvalue weighted by atomic mass is 9.75. The molecule has 0 unspecified atom stereocenters. The van der Waals surface area contributed by atoms with Gasteiger partial charge in [-0.05, 0) is 92.2 Å². The van der Waals surface area contributed by atoms with E-state index in [2.05, 4.69) is 70.1 Å². The highest BCUT2D eigenvalue weighted by Gasteiger charge is 2.40. The Morgan fingerprint density at radius 2 is 1.54 bits per heavy atom. The minimum Gasteiger partial charge on any atom is -0.379 e. The average Bonchev–Trinajstić information content (AvgIpc) is 3.24. The second-order valence-electron chi connectivity index (χ2n) is 15.4. The Bertz CT molecular complexity index is 2620. The maximum Gasteiger partial charge on any atom is 0.243 e. The first-order valence-electron chi connectivity index (χ1n) is 20.0. The zero-order valence-corrected chi connectivity index (χ0v) is 32.7. The molecule has 0 spiro atoms. The number of hydrogen-bond acceptors (Lipinski definition) is 7. The van der Waals surface area contributed by atoms with Gasteiger partial charge < -0.3 is 21.1 Å². The fourth-order valence-electron chi connectivity index (χ4n) is 9.22. The summed E-state index contributed by atoms with van der Waals surface area (Å²) in [7, 11) is -4.08. The van der Waals surface area contributed by atoms with Gasteiger partial charge in [-0.3, -0.25) is 14.5 Å². The maximum atomic E-state index is 14.2. The first-order chi connectivity index (χ1) is 27.8. The van der Waals surface area contributed by atoms with Gasteiger partial charge in [0.2, 0.25) is 21.8 Å².